The Morgan fingerprint density at radius 2 is 2.00 bits per heavy atom. The van der Waals surface area contributed by atoms with Crippen LogP contribution in [0.5, 0.6) is 0 Å². The Hall–Kier alpha value is -1.84. The number of aromatic nitrogens is 2. The van der Waals surface area contributed by atoms with Crippen molar-refractivity contribution in [2.45, 2.75) is 10.6 Å². The molecule has 1 aromatic heterocycles. The van der Waals surface area contributed by atoms with Gasteiger partial charge in [-0.1, -0.05) is 29.5 Å². The van der Waals surface area contributed by atoms with Gasteiger partial charge in [0.1, 0.15) is 17.4 Å². The van der Waals surface area contributed by atoms with Crippen molar-refractivity contribution < 1.29 is 17.9 Å². The average Bonchev–Trinajstić information content (AvgIpc) is 2.86. The molecule has 0 fully saturated rings. The summed E-state index contributed by atoms with van der Waals surface area (Å²) in [6, 6.07) is 8.11. The quantitative estimate of drug-likeness (QED) is 0.853. The van der Waals surface area contributed by atoms with Crippen LogP contribution in [0.1, 0.15) is 5.01 Å². The SMILES string of the molecule is COCC(=O)Nc1nnc(CS(=O)(=O)c2ccccc2)s1. The molecule has 0 saturated carbocycles. The molecule has 112 valence electrons. The number of benzene rings is 1. The number of methoxy groups -OCH3 is 1. The molecule has 9 heteroatoms. The van der Waals surface area contributed by atoms with Gasteiger partial charge in [0, 0.05) is 7.11 Å². The highest BCUT2D eigenvalue weighted by Crippen LogP contribution is 2.21. The minimum Gasteiger partial charge on any atom is -0.375 e. The Morgan fingerprint density at radius 3 is 2.67 bits per heavy atom. The smallest absolute Gasteiger partial charge is 0.252 e. The topological polar surface area (TPSA) is 98.2 Å². The Labute approximate surface area is 125 Å². The maximum atomic E-state index is 12.2. The molecule has 1 aromatic carbocycles. The zero-order valence-corrected chi connectivity index (χ0v) is 12.8. The van der Waals surface area contributed by atoms with E-state index in [9.17, 15) is 13.2 Å². The van der Waals surface area contributed by atoms with E-state index in [-0.39, 0.29) is 28.3 Å². The molecule has 1 heterocycles. The van der Waals surface area contributed by atoms with Crippen LogP contribution in [0, 0.1) is 0 Å². The van der Waals surface area contributed by atoms with Gasteiger partial charge in [-0.15, -0.1) is 10.2 Å². The Bertz CT molecular complexity index is 713. The molecular formula is C12H13N3O4S2. The fraction of sp³-hybridized carbons (Fsp3) is 0.250. The first-order chi connectivity index (χ1) is 10.0. The van der Waals surface area contributed by atoms with E-state index in [1.165, 1.54) is 19.2 Å². The molecule has 0 saturated heterocycles. The number of nitrogens with one attached hydrogen (secondary N) is 1. The number of anilines is 1. The summed E-state index contributed by atoms with van der Waals surface area (Å²) in [4.78, 5) is 11.5. The van der Waals surface area contributed by atoms with Crippen LogP contribution in [0.15, 0.2) is 35.2 Å². The van der Waals surface area contributed by atoms with E-state index in [2.05, 4.69) is 20.3 Å². The largest absolute Gasteiger partial charge is 0.375 e. The monoisotopic (exact) mass is 327 g/mol. The van der Waals surface area contributed by atoms with Crippen molar-refractivity contribution >= 4 is 32.2 Å². The molecular weight excluding hydrogens is 314 g/mol. The Kier molecular flexibility index (Phi) is 4.99. The molecule has 0 radical (unpaired) electrons. The van der Waals surface area contributed by atoms with Gasteiger partial charge in [0.05, 0.1) is 4.90 Å². The standard InChI is InChI=1S/C12H13N3O4S2/c1-19-7-10(16)13-12-15-14-11(20-12)8-21(17,18)9-5-3-2-4-6-9/h2-6H,7-8H2,1H3,(H,13,15,16). The number of amides is 1. The third kappa shape index (κ3) is 4.31. The van der Waals surface area contributed by atoms with Crippen LogP contribution in [-0.4, -0.2) is 38.2 Å². The van der Waals surface area contributed by atoms with E-state index in [0.29, 0.717) is 5.01 Å². The van der Waals surface area contributed by atoms with E-state index >= 15 is 0 Å². The highest BCUT2D eigenvalue weighted by atomic mass is 32.2. The van der Waals surface area contributed by atoms with Gasteiger partial charge >= 0.3 is 0 Å². The molecule has 0 unspecified atom stereocenters. The van der Waals surface area contributed by atoms with Crippen LogP contribution < -0.4 is 5.32 Å². The molecule has 1 N–H and O–H groups in total. The second-order valence-electron chi connectivity index (χ2n) is 4.05. The summed E-state index contributed by atoms with van der Waals surface area (Å²) in [5.74, 6) is -0.624. The van der Waals surface area contributed by atoms with Gasteiger partial charge in [-0.05, 0) is 12.1 Å². The van der Waals surface area contributed by atoms with Gasteiger partial charge in [-0.25, -0.2) is 8.42 Å². The summed E-state index contributed by atoms with van der Waals surface area (Å²) < 4.78 is 29.0. The van der Waals surface area contributed by atoms with Gasteiger partial charge in [0.25, 0.3) is 5.91 Å². The molecule has 2 aromatic rings. The average molecular weight is 327 g/mol. The zero-order chi connectivity index (χ0) is 15.3. The second-order valence-corrected chi connectivity index (χ2v) is 7.11. The third-order valence-electron chi connectivity index (χ3n) is 2.40. The van der Waals surface area contributed by atoms with Crippen LogP contribution >= 0.6 is 11.3 Å². The van der Waals surface area contributed by atoms with E-state index in [4.69, 9.17) is 0 Å². The molecule has 2 rings (SSSR count). The number of hydrogen-bond donors (Lipinski definition) is 1. The van der Waals surface area contributed by atoms with Crippen molar-refractivity contribution in [3.05, 3.63) is 35.3 Å². The van der Waals surface area contributed by atoms with Crippen molar-refractivity contribution in [1.29, 1.82) is 0 Å². The summed E-state index contributed by atoms with van der Waals surface area (Å²) in [5, 5.41) is 10.5. The Balaban J connectivity index is 2.07. The predicted molar refractivity (Wildman–Crippen MR) is 77.7 cm³/mol. The molecule has 0 atom stereocenters. The summed E-state index contributed by atoms with van der Waals surface area (Å²) >= 11 is 1.02. The maximum Gasteiger partial charge on any atom is 0.252 e. The van der Waals surface area contributed by atoms with Crippen LogP contribution in [-0.2, 0) is 25.1 Å². The molecule has 0 aliphatic carbocycles. The van der Waals surface area contributed by atoms with E-state index in [0.717, 1.165) is 11.3 Å². The number of nitrogens with zero attached hydrogens (tertiary/aromatic N) is 2. The first-order valence-electron chi connectivity index (χ1n) is 5.90. The molecule has 7 nitrogen and oxygen atoms in total. The van der Waals surface area contributed by atoms with Crippen LogP contribution in [0.3, 0.4) is 0 Å². The normalized spacial score (nSPS) is 11.3. The number of rotatable bonds is 6. The predicted octanol–water partition coefficient (Wildman–Crippen LogP) is 1.10. The van der Waals surface area contributed by atoms with E-state index < -0.39 is 9.84 Å². The van der Waals surface area contributed by atoms with E-state index in [1.807, 2.05) is 0 Å². The molecule has 0 spiro atoms. The van der Waals surface area contributed by atoms with E-state index in [1.54, 1.807) is 18.2 Å². The van der Waals surface area contributed by atoms with Crippen molar-refractivity contribution in [3.63, 3.8) is 0 Å². The molecule has 1 amide bonds. The number of carbonyl (C=O) groups is 1. The number of sulfone groups is 1. The van der Waals surface area contributed by atoms with Crippen LogP contribution in [0.2, 0.25) is 0 Å². The van der Waals surface area contributed by atoms with Gasteiger partial charge in [0.15, 0.2) is 9.84 Å². The van der Waals surface area contributed by atoms with Crippen LogP contribution in [0.4, 0.5) is 5.13 Å². The fourth-order valence-electron chi connectivity index (χ4n) is 1.52. The summed E-state index contributed by atoms with van der Waals surface area (Å²) in [6.45, 7) is -0.1000. The van der Waals surface area contributed by atoms with Crippen molar-refractivity contribution in [2.75, 3.05) is 19.0 Å². The number of carbonyl (C=O) groups excluding carboxylic acids is 1. The molecule has 0 aliphatic heterocycles. The molecule has 21 heavy (non-hydrogen) atoms. The Morgan fingerprint density at radius 1 is 1.29 bits per heavy atom. The lowest BCUT2D eigenvalue weighted by atomic mass is 10.4. The highest BCUT2D eigenvalue weighted by Gasteiger charge is 2.18. The van der Waals surface area contributed by atoms with Crippen LogP contribution in [0.25, 0.3) is 0 Å². The van der Waals surface area contributed by atoms with Gasteiger partial charge in [-0.3, -0.25) is 10.1 Å². The maximum absolute atomic E-state index is 12.2. The summed E-state index contributed by atoms with van der Waals surface area (Å²) in [5.41, 5.74) is 0. The van der Waals surface area contributed by atoms with Crippen molar-refractivity contribution in [3.8, 4) is 0 Å². The first kappa shape index (κ1) is 15.5. The molecule has 0 bridgehead atoms. The van der Waals surface area contributed by atoms with Gasteiger partial charge in [0.2, 0.25) is 5.13 Å². The zero-order valence-electron chi connectivity index (χ0n) is 11.1. The van der Waals surface area contributed by atoms with Gasteiger partial charge < -0.3 is 4.74 Å². The number of hydrogen-bond acceptors (Lipinski definition) is 7. The second kappa shape index (κ2) is 6.74. The minimum absolute atomic E-state index is 0.1000. The lowest BCUT2D eigenvalue weighted by Gasteiger charge is -2.00. The number of ether oxygens (including phenoxy) is 1. The van der Waals surface area contributed by atoms with Gasteiger partial charge in [-0.2, -0.15) is 0 Å². The third-order valence-corrected chi connectivity index (χ3v) is 5.07. The summed E-state index contributed by atoms with van der Waals surface area (Å²) in [7, 11) is -2.07. The summed E-state index contributed by atoms with van der Waals surface area (Å²) in [6.07, 6.45) is 0. The lowest BCUT2D eigenvalue weighted by molar-refractivity contribution is -0.119. The van der Waals surface area contributed by atoms with Crippen molar-refractivity contribution in [1.82, 2.24) is 10.2 Å². The lowest BCUT2D eigenvalue weighted by Crippen LogP contribution is -2.16. The fourth-order valence-corrected chi connectivity index (χ4v) is 3.90. The first-order valence-corrected chi connectivity index (χ1v) is 8.37. The molecule has 0 aliphatic rings. The highest BCUT2D eigenvalue weighted by molar-refractivity contribution is 7.90. The minimum atomic E-state index is -3.47. The van der Waals surface area contributed by atoms with Crippen molar-refractivity contribution in [2.24, 2.45) is 0 Å².